The lowest BCUT2D eigenvalue weighted by Gasteiger charge is -2.36. The van der Waals surface area contributed by atoms with Gasteiger partial charge in [0.25, 0.3) is 0 Å². The standard InChI is InChI=1S/C15H16O5/c1-15(14(18)20-3)11(13(17)19-2)8-9-6-4-5-7-10(9)12(15)16/h4-8,12,16H,1-3H3/t12-,15-/m0/s1. The molecule has 106 valence electrons. The van der Waals surface area contributed by atoms with Gasteiger partial charge >= 0.3 is 11.9 Å². The van der Waals surface area contributed by atoms with Crippen LogP contribution >= 0.6 is 0 Å². The van der Waals surface area contributed by atoms with Crippen molar-refractivity contribution in [3.05, 3.63) is 41.0 Å². The van der Waals surface area contributed by atoms with Crippen LogP contribution in [0.3, 0.4) is 0 Å². The minimum absolute atomic E-state index is 0.0815. The van der Waals surface area contributed by atoms with Crippen LogP contribution in [-0.2, 0) is 19.1 Å². The lowest BCUT2D eigenvalue weighted by Crippen LogP contribution is -2.42. The van der Waals surface area contributed by atoms with Crippen molar-refractivity contribution in [3.8, 4) is 0 Å². The molecule has 0 aliphatic heterocycles. The van der Waals surface area contributed by atoms with Crippen molar-refractivity contribution < 1.29 is 24.2 Å². The predicted octanol–water partition coefficient (Wildman–Crippen LogP) is 1.47. The van der Waals surface area contributed by atoms with Gasteiger partial charge in [-0.1, -0.05) is 24.3 Å². The smallest absolute Gasteiger partial charge is 0.335 e. The van der Waals surface area contributed by atoms with Crippen LogP contribution in [0.15, 0.2) is 29.8 Å². The third kappa shape index (κ3) is 1.91. The van der Waals surface area contributed by atoms with E-state index in [0.717, 1.165) is 0 Å². The first-order chi connectivity index (χ1) is 9.46. The molecular formula is C15H16O5. The summed E-state index contributed by atoms with van der Waals surface area (Å²) in [5, 5.41) is 10.5. The molecule has 0 aromatic heterocycles. The second kappa shape index (κ2) is 5.09. The van der Waals surface area contributed by atoms with Gasteiger partial charge in [-0.15, -0.1) is 0 Å². The van der Waals surface area contributed by atoms with Gasteiger partial charge in [0.05, 0.1) is 25.9 Å². The molecule has 0 spiro atoms. The molecule has 0 radical (unpaired) electrons. The van der Waals surface area contributed by atoms with Crippen molar-refractivity contribution in [1.29, 1.82) is 0 Å². The zero-order valence-electron chi connectivity index (χ0n) is 11.5. The molecule has 5 heteroatoms. The zero-order chi connectivity index (χ0) is 14.9. The van der Waals surface area contributed by atoms with Gasteiger partial charge in [-0.05, 0) is 24.1 Å². The summed E-state index contributed by atoms with van der Waals surface area (Å²) >= 11 is 0. The van der Waals surface area contributed by atoms with Crippen molar-refractivity contribution in [2.75, 3.05) is 14.2 Å². The van der Waals surface area contributed by atoms with Crippen LogP contribution in [0, 0.1) is 5.41 Å². The van der Waals surface area contributed by atoms with E-state index in [1.807, 2.05) is 0 Å². The molecule has 0 amide bonds. The SMILES string of the molecule is COC(=O)C1=Cc2ccccc2[C@H](O)[C@@]1(C)C(=O)OC. The third-order valence-electron chi connectivity index (χ3n) is 3.71. The predicted molar refractivity (Wildman–Crippen MR) is 71.5 cm³/mol. The molecule has 0 bridgehead atoms. The monoisotopic (exact) mass is 276 g/mol. The summed E-state index contributed by atoms with van der Waals surface area (Å²) in [5.41, 5.74) is -0.149. The number of carbonyl (C=O) groups is 2. The normalized spacial score (nSPS) is 24.4. The minimum Gasteiger partial charge on any atom is -0.468 e. The summed E-state index contributed by atoms with van der Waals surface area (Å²) in [6, 6.07) is 7.03. The number of aliphatic hydroxyl groups excluding tert-OH is 1. The number of fused-ring (bicyclic) bond motifs is 1. The fourth-order valence-electron chi connectivity index (χ4n) is 2.47. The number of esters is 2. The number of rotatable bonds is 2. The van der Waals surface area contributed by atoms with Crippen molar-refractivity contribution >= 4 is 18.0 Å². The van der Waals surface area contributed by atoms with Crippen LogP contribution in [0.2, 0.25) is 0 Å². The van der Waals surface area contributed by atoms with Crippen LogP contribution in [-0.4, -0.2) is 31.3 Å². The summed E-state index contributed by atoms with van der Waals surface area (Å²) in [6.45, 7) is 1.47. The van der Waals surface area contributed by atoms with Crippen LogP contribution in [0.25, 0.3) is 6.08 Å². The number of hydrogen-bond acceptors (Lipinski definition) is 5. The number of hydrogen-bond donors (Lipinski definition) is 1. The van der Waals surface area contributed by atoms with Gasteiger partial charge in [0, 0.05) is 0 Å². The van der Waals surface area contributed by atoms with E-state index >= 15 is 0 Å². The first-order valence-corrected chi connectivity index (χ1v) is 6.12. The molecule has 0 heterocycles. The number of ether oxygens (including phenoxy) is 2. The van der Waals surface area contributed by atoms with E-state index in [1.165, 1.54) is 21.1 Å². The second-order valence-corrected chi connectivity index (χ2v) is 4.77. The average molecular weight is 276 g/mol. The Morgan fingerprint density at radius 3 is 2.45 bits per heavy atom. The zero-order valence-corrected chi connectivity index (χ0v) is 11.5. The average Bonchev–Trinajstić information content (AvgIpc) is 2.49. The maximum atomic E-state index is 12.1. The Bertz CT molecular complexity index is 590. The van der Waals surface area contributed by atoms with E-state index < -0.39 is 23.5 Å². The lowest BCUT2D eigenvalue weighted by atomic mass is 9.69. The molecule has 1 aliphatic carbocycles. The van der Waals surface area contributed by atoms with E-state index in [9.17, 15) is 14.7 Å². The number of methoxy groups -OCH3 is 2. The van der Waals surface area contributed by atoms with Crippen molar-refractivity contribution in [2.24, 2.45) is 5.41 Å². The highest BCUT2D eigenvalue weighted by Gasteiger charge is 2.51. The summed E-state index contributed by atoms with van der Waals surface area (Å²) in [6.07, 6.45) is 0.385. The fourth-order valence-corrected chi connectivity index (χ4v) is 2.47. The molecule has 0 saturated heterocycles. The summed E-state index contributed by atoms with van der Waals surface area (Å²) in [7, 11) is 2.45. The lowest BCUT2D eigenvalue weighted by molar-refractivity contribution is -0.159. The molecule has 1 aromatic carbocycles. The summed E-state index contributed by atoms with van der Waals surface area (Å²) in [4.78, 5) is 24.1. The fraction of sp³-hybridized carbons (Fsp3) is 0.333. The topological polar surface area (TPSA) is 72.8 Å². The molecule has 20 heavy (non-hydrogen) atoms. The quantitative estimate of drug-likeness (QED) is 0.828. The van der Waals surface area contributed by atoms with Gasteiger partial charge in [0.15, 0.2) is 0 Å². The molecular weight excluding hydrogens is 260 g/mol. The number of carbonyl (C=O) groups excluding carboxylic acids is 2. The maximum Gasteiger partial charge on any atom is 0.335 e. The van der Waals surface area contributed by atoms with Gasteiger partial charge in [-0.3, -0.25) is 4.79 Å². The highest BCUT2D eigenvalue weighted by Crippen LogP contribution is 2.47. The molecule has 5 nitrogen and oxygen atoms in total. The van der Waals surface area contributed by atoms with Gasteiger partial charge in [0.2, 0.25) is 0 Å². The first kappa shape index (κ1) is 14.3. The number of aliphatic hydroxyl groups is 1. The van der Waals surface area contributed by atoms with Gasteiger partial charge in [-0.25, -0.2) is 4.79 Å². The van der Waals surface area contributed by atoms with Crippen LogP contribution in [0.4, 0.5) is 0 Å². The van der Waals surface area contributed by atoms with Crippen LogP contribution in [0.1, 0.15) is 24.2 Å². The van der Waals surface area contributed by atoms with Gasteiger partial charge in [-0.2, -0.15) is 0 Å². The Balaban J connectivity index is 2.68. The second-order valence-electron chi connectivity index (χ2n) is 4.77. The van der Waals surface area contributed by atoms with E-state index in [4.69, 9.17) is 9.47 Å². The maximum absolute atomic E-state index is 12.1. The summed E-state index contributed by atoms with van der Waals surface area (Å²) in [5.74, 6) is -1.34. The van der Waals surface area contributed by atoms with Crippen LogP contribution in [0.5, 0.6) is 0 Å². The molecule has 2 rings (SSSR count). The third-order valence-corrected chi connectivity index (χ3v) is 3.71. The van der Waals surface area contributed by atoms with Gasteiger partial charge < -0.3 is 14.6 Å². The molecule has 0 fully saturated rings. The van der Waals surface area contributed by atoms with E-state index in [-0.39, 0.29) is 5.57 Å². The Labute approximate surface area is 116 Å². The highest BCUT2D eigenvalue weighted by molar-refractivity contribution is 6.03. The molecule has 1 N–H and O–H groups in total. The van der Waals surface area contributed by atoms with E-state index in [1.54, 1.807) is 30.3 Å². The van der Waals surface area contributed by atoms with Crippen molar-refractivity contribution in [3.63, 3.8) is 0 Å². The molecule has 0 saturated carbocycles. The van der Waals surface area contributed by atoms with Crippen LogP contribution < -0.4 is 0 Å². The minimum atomic E-state index is -1.49. The Kier molecular flexibility index (Phi) is 3.63. The van der Waals surface area contributed by atoms with E-state index in [2.05, 4.69) is 0 Å². The van der Waals surface area contributed by atoms with Crippen molar-refractivity contribution in [2.45, 2.75) is 13.0 Å². The van der Waals surface area contributed by atoms with Gasteiger partial charge in [0.1, 0.15) is 5.41 Å². The largest absolute Gasteiger partial charge is 0.468 e. The Morgan fingerprint density at radius 2 is 1.85 bits per heavy atom. The Morgan fingerprint density at radius 1 is 1.20 bits per heavy atom. The summed E-state index contributed by atoms with van der Waals surface area (Å²) < 4.78 is 9.47. The molecule has 0 unspecified atom stereocenters. The molecule has 2 atom stereocenters. The van der Waals surface area contributed by atoms with E-state index in [0.29, 0.717) is 11.1 Å². The molecule has 1 aromatic rings. The Hall–Kier alpha value is -2.14. The molecule has 1 aliphatic rings. The number of benzene rings is 1. The first-order valence-electron chi connectivity index (χ1n) is 6.12. The van der Waals surface area contributed by atoms with Crippen molar-refractivity contribution in [1.82, 2.24) is 0 Å². The highest BCUT2D eigenvalue weighted by atomic mass is 16.5.